The molecule has 0 aliphatic heterocycles. The van der Waals surface area contributed by atoms with Crippen LogP contribution in [0.2, 0.25) is 0 Å². The number of rotatable bonds is 2. The minimum atomic E-state index is -0.715. The van der Waals surface area contributed by atoms with Crippen molar-refractivity contribution in [3.05, 3.63) is 46.2 Å². The number of carbonyl (C=O) groups is 1. The Bertz CT molecular complexity index is 640. The number of aromatic nitrogens is 2. The van der Waals surface area contributed by atoms with Gasteiger partial charge in [0.05, 0.1) is 0 Å². The van der Waals surface area contributed by atoms with Crippen LogP contribution >= 0.6 is 0 Å². The van der Waals surface area contributed by atoms with Crippen LogP contribution in [0.3, 0.4) is 0 Å². The van der Waals surface area contributed by atoms with Gasteiger partial charge in [0.1, 0.15) is 0 Å². The molecule has 18 heavy (non-hydrogen) atoms. The molecule has 91 valence electrons. The summed E-state index contributed by atoms with van der Waals surface area (Å²) in [5.41, 5.74) is -0.601. The Balaban J connectivity index is 2.33. The first-order chi connectivity index (χ1) is 8.58. The Hall–Kier alpha value is -2.11. The van der Waals surface area contributed by atoms with Gasteiger partial charge in [-0.2, -0.15) is 0 Å². The summed E-state index contributed by atoms with van der Waals surface area (Å²) < 4.78 is 0.119. The molecule has 3 N–H and O–H groups in total. The number of carbonyl (C=O) groups excluding carboxylic acids is 1. The predicted molar refractivity (Wildman–Crippen MR) is 66.3 cm³/mol. The zero-order valence-electron chi connectivity index (χ0n) is 9.01. The molecular formula is C11H8N3O3Se. The molecule has 0 spiro atoms. The van der Waals surface area contributed by atoms with Crippen molar-refractivity contribution in [2.75, 3.05) is 5.32 Å². The first-order valence-electron chi connectivity index (χ1n) is 4.94. The molecule has 0 aliphatic carbocycles. The van der Waals surface area contributed by atoms with Gasteiger partial charge in [-0.05, 0) is 0 Å². The fourth-order valence-corrected chi connectivity index (χ4v) is 1.74. The molecular weight excluding hydrogens is 301 g/mol. The molecule has 0 aliphatic rings. The Morgan fingerprint density at radius 3 is 2.61 bits per heavy atom. The van der Waals surface area contributed by atoms with Gasteiger partial charge in [0.25, 0.3) is 0 Å². The van der Waals surface area contributed by atoms with E-state index in [0.717, 1.165) is 0 Å². The number of amides is 1. The number of para-hydroxylation sites is 1. The summed E-state index contributed by atoms with van der Waals surface area (Å²) in [6, 6.07) is 8.60. The Labute approximate surface area is 110 Å². The van der Waals surface area contributed by atoms with Gasteiger partial charge in [0.2, 0.25) is 0 Å². The number of aromatic hydroxyl groups is 1. The molecule has 0 atom stereocenters. The molecule has 7 heteroatoms. The third-order valence-electron chi connectivity index (χ3n) is 2.14. The molecule has 0 saturated heterocycles. The van der Waals surface area contributed by atoms with E-state index in [1.807, 2.05) is 0 Å². The number of aromatic amines is 1. The van der Waals surface area contributed by atoms with E-state index < -0.39 is 22.9 Å². The predicted octanol–water partition coefficient (Wildman–Crippen LogP) is -0.478. The maximum atomic E-state index is 11.8. The van der Waals surface area contributed by atoms with Crippen molar-refractivity contribution >= 4 is 32.3 Å². The summed E-state index contributed by atoms with van der Waals surface area (Å²) in [5, 5.41) is 12.0. The molecule has 1 aromatic carbocycles. The van der Waals surface area contributed by atoms with Crippen LogP contribution in [0.25, 0.3) is 0 Å². The molecule has 0 unspecified atom stereocenters. The van der Waals surface area contributed by atoms with Gasteiger partial charge < -0.3 is 0 Å². The summed E-state index contributed by atoms with van der Waals surface area (Å²) in [4.78, 5) is 29.3. The van der Waals surface area contributed by atoms with Gasteiger partial charge in [-0.25, -0.2) is 0 Å². The molecule has 1 aromatic heterocycles. The first kappa shape index (κ1) is 12.3. The van der Waals surface area contributed by atoms with E-state index >= 15 is 0 Å². The Kier molecular flexibility index (Phi) is 3.45. The van der Waals surface area contributed by atoms with Crippen molar-refractivity contribution in [1.82, 2.24) is 9.97 Å². The molecule has 1 heterocycles. The second-order valence-electron chi connectivity index (χ2n) is 3.39. The third kappa shape index (κ3) is 2.58. The minimum absolute atomic E-state index is 0.119. The fourth-order valence-electron chi connectivity index (χ4n) is 1.36. The van der Waals surface area contributed by atoms with Gasteiger partial charge in [-0.1, -0.05) is 0 Å². The molecule has 2 aromatic rings. The van der Waals surface area contributed by atoms with E-state index in [4.69, 9.17) is 0 Å². The Morgan fingerprint density at radius 1 is 1.33 bits per heavy atom. The molecule has 1 amide bonds. The number of nitrogens with zero attached hydrogens (tertiary/aromatic N) is 1. The fraction of sp³-hybridized carbons (Fsp3) is 0. The van der Waals surface area contributed by atoms with Crippen LogP contribution in [0.4, 0.5) is 5.69 Å². The molecule has 2 rings (SSSR count). The van der Waals surface area contributed by atoms with Crippen molar-refractivity contribution in [3.63, 3.8) is 0 Å². The first-order valence-corrected chi connectivity index (χ1v) is 5.80. The van der Waals surface area contributed by atoms with E-state index in [1.165, 1.54) is 0 Å². The van der Waals surface area contributed by atoms with E-state index in [0.29, 0.717) is 5.69 Å². The standard InChI is InChI=1S/C11H8N3O3Se/c15-8(12-6-4-2-1-3-5-6)7-9(16)13-11(18)14-10(7)17/h1-5H,(H,12,15)(H2,13,14,16,17). The van der Waals surface area contributed by atoms with Crippen LogP contribution in [0.1, 0.15) is 10.4 Å². The molecule has 6 nitrogen and oxygen atoms in total. The van der Waals surface area contributed by atoms with Crippen LogP contribution in [0.15, 0.2) is 35.1 Å². The monoisotopic (exact) mass is 310 g/mol. The van der Waals surface area contributed by atoms with Crippen molar-refractivity contribution < 1.29 is 9.90 Å². The van der Waals surface area contributed by atoms with Gasteiger partial charge in [-0.15, -0.1) is 0 Å². The zero-order valence-corrected chi connectivity index (χ0v) is 10.7. The average molecular weight is 309 g/mol. The SMILES string of the molecule is O=C(Nc1ccccc1)c1c(O)nc([Se])[nH]c1=O. The summed E-state index contributed by atoms with van der Waals surface area (Å²) in [7, 11) is 0. The normalized spacial score (nSPS) is 10.0. The number of benzene rings is 1. The van der Waals surface area contributed by atoms with Gasteiger partial charge in [0, 0.05) is 0 Å². The van der Waals surface area contributed by atoms with E-state index in [-0.39, 0.29) is 4.72 Å². The summed E-state index contributed by atoms with van der Waals surface area (Å²) in [5.74, 6) is -1.33. The maximum absolute atomic E-state index is 11.8. The number of hydrogen-bond donors (Lipinski definition) is 3. The number of hydrogen-bond acceptors (Lipinski definition) is 4. The molecule has 1 radical (unpaired) electrons. The van der Waals surface area contributed by atoms with Crippen LogP contribution in [0.5, 0.6) is 5.88 Å². The topological polar surface area (TPSA) is 95.1 Å². The zero-order chi connectivity index (χ0) is 13.1. The van der Waals surface area contributed by atoms with E-state index in [9.17, 15) is 14.7 Å². The number of H-pyrrole nitrogens is 1. The van der Waals surface area contributed by atoms with Crippen molar-refractivity contribution in [1.29, 1.82) is 0 Å². The van der Waals surface area contributed by atoms with Crippen molar-refractivity contribution in [2.24, 2.45) is 0 Å². The van der Waals surface area contributed by atoms with Crippen LogP contribution in [-0.4, -0.2) is 37.0 Å². The average Bonchev–Trinajstić information content (AvgIpc) is 2.28. The van der Waals surface area contributed by atoms with E-state index in [1.54, 1.807) is 30.3 Å². The number of nitrogens with one attached hydrogen (secondary N) is 2. The molecule has 0 fully saturated rings. The van der Waals surface area contributed by atoms with Crippen molar-refractivity contribution in [3.8, 4) is 5.88 Å². The molecule has 0 saturated carbocycles. The second kappa shape index (κ2) is 5.03. The Morgan fingerprint density at radius 2 is 2.00 bits per heavy atom. The second-order valence-corrected chi connectivity index (χ2v) is 4.20. The van der Waals surface area contributed by atoms with Gasteiger partial charge >= 0.3 is 110 Å². The summed E-state index contributed by atoms with van der Waals surface area (Å²) in [6.45, 7) is 0. The van der Waals surface area contributed by atoms with Crippen molar-refractivity contribution in [2.45, 2.75) is 0 Å². The third-order valence-corrected chi connectivity index (χ3v) is 2.54. The van der Waals surface area contributed by atoms with Crippen LogP contribution in [0, 0.1) is 0 Å². The van der Waals surface area contributed by atoms with Gasteiger partial charge in [-0.3, -0.25) is 0 Å². The van der Waals surface area contributed by atoms with Crippen LogP contribution in [-0.2, 0) is 0 Å². The number of anilines is 1. The van der Waals surface area contributed by atoms with Gasteiger partial charge in [0.15, 0.2) is 0 Å². The van der Waals surface area contributed by atoms with Crippen LogP contribution < -0.4 is 15.6 Å². The summed E-state index contributed by atoms with van der Waals surface area (Å²) in [6.07, 6.45) is 0. The quantitative estimate of drug-likeness (QED) is 0.653. The molecule has 0 bridgehead atoms. The van der Waals surface area contributed by atoms with E-state index in [2.05, 4.69) is 31.3 Å². The summed E-state index contributed by atoms with van der Waals surface area (Å²) >= 11 is 2.44.